The number of rotatable bonds is 2. The summed E-state index contributed by atoms with van der Waals surface area (Å²) in [7, 11) is 0. The summed E-state index contributed by atoms with van der Waals surface area (Å²) in [5.74, 6) is 1.88. The minimum absolute atomic E-state index is 0.0709. The number of hydrogen-bond donors (Lipinski definition) is 2. The molecule has 3 unspecified atom stereocenters. The number of amides is 1. The summed E-state index contributed by atoms with van der Waals surface area (Å²) in [5, 5.41) is 6.51. The molecule has 1 amide bonds. The van der Waals surface area contributed by atoms with Crippen LogP contribution in [0.5, 0.6) is 0 Å². The third-order valence-electron chi connectivity index (χ3n) is 4.88. The highest BCUT2D eigenvalue weighted by atomic mass is 16.1. The monoisotopic (exact) mass is 242 g/mol. The van der Waals surface area contributed by atoms with Crippen molar-refractivity contribution in [2.45, 2.75) is 38.3 Å². The summed E-state index contributed by atoms with van der Waals surface area (Å²) in [6.45, 7) is 0.683. The molecule has 1 aliphatic heterocycles. The fourth-order valence-corrected chi connectivity index (χ4v) is 3.94. The average Bonchev–Trinajstić information content (AvgIpc) is 3.06. The zero-order chi connectivity index (χ0) is 12.1. The summed E-state index contributed by atoms with van der Waals surface area (Å²) in [6, 6.07) is 6.84. The standard InChI is InChI=1S/C15H18N2O/c18-15-13-7-12(4-3-11(13)8-16-15)17-14-6-9-1-2-10(14)5-9/h3-4,7,9-10,14,17H,1-2,5-6,8H2,(H,16,18). The molecular formula is C15H18N2O. The first-order chi connectivity index (χ1) is 8.79. The van der Waals surface area contributed by atoms with E-state index in [0.29, 0.717) is 12.6 Å². The second-order valence-electron chi connectivity index (χ2n) is 5.98. The summed E-state index contributed by atoms with van der Waals surface area (Å²) < 4.78 is 0. The highest BCUT2D eigenvalue weighted by Crippen LogP contribution is 2.45. The Bertz CT molecular complexity index is 511. The first-order valence-corrected chi connectivity index (χ1v) is 6.97. The van der Waals surface area contributed by atoms with E-state index in [-0.39, 0.29) is 5.91 Å². The zero-order valence-electron chi connectivity index (χ0n) is 10.4. The minimum Gasteiger partial charge on any atom is -0.382 e. The first kappa shape index (κ1) is 10.4. The highest BCUT2D eigenvalue weighted by Gasteiger charge is 2.39. The van der Waals surface area contributed by atoms with E-state index in [1.165, 1.54) is 25.7 Å². The average molecular weight is 242 g/mol. The molecule has 18 heavy (non-hydrogen) atoms. The van der Waals surface area contributed by atoms with Crippen LogP contribution in [0.25, 0.3) is 0 Å². The molecule has 0 saturated heterocycles. The fourth-order valence-electron chi connectivity index (χ4n) is 3.94. The lowest BCUT2D eigenvalue weighted by Crippen LogP contribution is -2.25. The smallest absolute Gasteiger partial charge is 0.251 e. The van der Waals surface area contributed by atoms with Crippen LogP contribution in [-0.4, -0.2) is 11.9 Å². The molecule has 2 bridgehead atoms. The molecular weight excluding hydrogens is 224 g/mol. The molecule has 2 N–H and O–H groups in total. The zero-order valence-corrected chi connectivity index (χ0v) is 10.4. The Morgan fingerprint density at radius 1 is 1.22 bits per heavy atom. The SMILES string of the molecule is O=C1NCc2ccc(NC3CC4CCC3C4)cc21. The van der Waals surface area contributed by atoms with Crippen molar-refractivity contribution in [1.82, 2.24) is 5.32 Å². The van der Waals surface area contributed by atoms with E-state index < -0.39 is 0 Å². The van der Waals surface area contributed by atoms with E-state index >= 15 is 0 Å². The van der Waals surface area contributed by atoms with Gasteiger partial charge in [-0.3, -0.25) is 4.79 Å². The first-order valence-electron chi connectivity index (χ1n) is 6.97. The maximum atomic E-state index is 11.6. The Hall–Kier alpha value is -1.51. The van der Waals surface area contributed by atoms with Gasteiger partial charge in [0.2, 0.25) is 0 Å². The number of benzene rings is 1. The molecule has 2 fully saturated rings. The maximum absolute atomic E-state index is 11.6. The lowest BCUT2D eigenvalue weighted by atomic mass is 9.95. The van der Waals surface area contributed by atoms with E-state index in [1.807, 2.05) is 6.07 Å². The Labute approximate surface area is 107 Å². The lowest BCUT2D eigenvalue weighted by molar-refractivity contribution is 0.0966. The van der Waals surface area contributed by atoms with Crippen molar-refractivity contribution in [1.29, 1.82) is 0 Å². The van der Waals surface area contributed by atoms with Crippen LogP contribution < -0.4 is 10.6 Å². The predicted octanol–water partition coefficient (Wildman–Crippen LogP) is 2.53. The van der Waals surface area contributed by atoms with Gasteiger partial charge < -0.3 is 10.6 Å². The van der Waals surface area contributed by atoms with Crippen LogP contribution >= 0.6 is 0 Å². The van der Waals surface area contributed by atoms with Crippen molar-refractivity contribution in [2.75, 3.05) is 5.32 Å². The van der Waals surface area contributed by atoms with E-state index in [0.717, 1.165) is 28.7 Å². The minimum atomic E-state index is 0.0709. The lowest BCUT2D eigenvalue weighted by Gasteiger charge is -2.24. The molecule has 0 aromatic heterocycles. The normalized spacial score (nSPS) is 32.4. The number of carbonyl (C=O) groups excluding carboxylic acids is 1. The molecule has 2 aliphatic carbocycles. The van der Waals surface area contributed by atoms with Crippen LogP contribution in [0, 0.1) is 11.8 Å². The summed E-state index contributed by atoms with van der Waals surface area (Å²) in [4.78, 5) is 11.6. The van der Waals surface area contributed by atoms with Crippen LogP contribution in [0.1, 0.15) is 41.6 Å². The second kappa shape index (κ2) is 3.74. The number of hydrogen-bond acceptors (Lipinski definition) is 2. The molecule has 1 aromatic carbocycles. The number of carbonyl (C=O) groups is 1. The third-order valence-corrected chi connectivity index (χ3v) is 4.88. The topological polar surface area (TPSA) is 41.1 Å². The largest absolute Gasteiger partial charge is 0.382 e. The molecule has 4 rings (SSSR count). The van der Waals surface area contributed by atoms with Crippen LogP contribution in [0.4, 0.5) is 5.69 Å². The van der Waals surface area contributed by atoms with Crippen molar-refractivity contribution in [3.63, 3.8) is 0 Å². The second-order valence-corrected chi connectivity index (χ2v) is 5.98. The van der Waals surface area contributed by atoms with Gasteiger partial charge in [-0.05, 0) is 48.8 Å². The molecule has 0 radical (unpaired) electrons. The molecule has 3 nitrogen and oxygen atoms in total. The number of nitrogens with one attached hydrogen (secondary N) is 2. The fraction of sp³-hybridized carbons (Fsp3) is 0.533. The quantitative estimate of drug-likeness (QED) is 0.836. The molecule has 3 heteroatoms. The van der Waals surface area contributed by atoms with Crippen LogP contribution in [-0.2, 0) is 6.54 Å². The Morgan fingerprint density at radius 2 is 2.17 bits per heavy atom. The molecule has 1 heterocycles. The van der Waals surface area contributed by atoms with E-state index in [9.17, 15) is 4.79 Å². The van der Waals surface area contributed by atoms with Gasteiger partial charge in [0, 0.05) is 23.8 Å². The molecule has 3 atom stereocenters. The van der Waals surface area contributed by atoms with E-state index in [4.69, 9.17) is 0 Å². The maximum Gasteiger partial charge on any atom is 0.251 e. The van der Waals surface area contributed by atoms with Gasteiger partial charge in [-0.15, -0.1) is 0 Å². The molecule has 94 valence electrons. The highest BCUT2D eigenvalue weighted by molar-refractivity contribution is 5.99. The van der Waals surface area contributed by atoms with E-state index in [2.05, 4.69) is 22.8 Å². The van der Waals surface area contributed by atoms with Gasteiger partial charge in [-0.1, -0.05) is 12.5 Å². The Balaban J connectivity index is 1.55. The van der Waals surface area contributed by atoms with Crippen molar-refractivity contribution < 1.29 is 4.79 Å². The third kappa shape index (κ3) is 1.53. The molecule has 0 spiro atoms. The van der Waals surface area contributed by atoms with Crippen molar-refractivity contribution >= 4 is 11.6 Å². The van der Waals surface area contributed by atoms with Crippen LogP contribution in [0.3, 0.4) is 0 Å². The predicted molar refractivity (Wildman–Crippen MR) is 70.5 cm³/mol. The Morgan fingerprint density at radius 3 is 2.94 bits per heavy atom. The summed E-state index contributed by atoms with van der Waals surface area (Å²) in [5.41, 5.74) is 3.09. The summed E-state index contributed by atoms with van der Waals surface area (Å²) in [6.07, 6.45) is 5.53. The van der Waals surface area contributed by atoms with Crippen molar-refractivity contribution in [3.05, 3.63) is 29.3 Å². The van der Waals surface area contributed by atoms with Gasteiger partial charge in [0.05, 0.1) is 0 Å². The van der Waals surface area contributed by atoms with Gasteiger partial charge >= 0.3 is 0 Å². The van der Waals surface area contributed by atoms with Crippen LogP contribution in [0.15, 0.2) is 18.2 Å². The van der Waals surface area contributed by atoms with Gasteiger partial charge in [0.1, 0.15) is 0 Å². The van der Waals surface area contributed by atoms with Gasteiger partial charge in [-0.25, -0.2) is 0 Å². The van der Waals surface area contributed by atoms with Crippen molar-refractivity contribution in [2.24, 2.45) is 11.8 Å². The van der Waals surface area contributed by atoms with Crippen molar-refractivity contribution in [3.8, 4) is 0 Å². The summed E-state index contributed by atoms with van der Waals surface area (Å²) >= 11 is 0. The molecule has 2 saturated carbocycles. The van der Waals surface area contributed by atoms with Gasteiger partial charge in [0.25, 0.3) is 5.91 Å². The molecule has 3 aliphatic rings. The Kier molecular flexibility index (Phi) is 2.16. The number of anilines is 1. The molecule has 1 aromatic rings. The van der Waals surface area contributed by atoms with E-state index in [1.54, 1.807) is 0 Å². The van der Waals surface area contributed by atoms with Crippen LogP contribution in [0.2, 0.25) is 0 Å². The number of fused-ring (bicyclic) bond motifs is 3. The van der Waals surface area contributed by atoms with Gasteiger partial charge in [-0.2, -0.15) is 0 Å². The van der Waals surface area contributed by atoms with Gasteiger partial charge in [0.15, 0.2) is 0 Å².